The number of nitrogens with two attached hydrogens (primary N) is 1. The number of likely N-dealkylation sites (N-methyl/N-ethyl adjacent to an activating group) is 1. The zero-order chi connectivity index (χ0) is 15.7. The van der Waals surface area contributed by atoms with Crippen LogP contribution in [0, 0.1) is 0 Å². The second-order valence-corrected chi connectivity index (χ2v) is 5.05. The van der Waals surface area contributed by atoms with Crippen LogP contribution >= 0.6 is 0 Å². The van der Waals surface area contributed by atoms with Gasteiger partial charge in [-0.05, 0) is 25.6 Å². The average Bonchev–Trinajstić information content (AvgIpc) is 2.53. The van der Waals surface area contributed by atoms with Gasteiger partial charge in [0, 0.05) is 12.1 Å². The molecule has 1 aromatic rings. The lowest BCUT2D eigenvalue weighted by Crippen LogP contribution is -2.33. The normalized spacial score (nSPS) is 12.5. The fraction of sp³-hybridized carbons (Fsp3) is 0.647. The maximum Gasteiger partial charge on any atom is 0.165 e. The fourth-order valence-electron chi connectivity index (χ4n) is 2.57. The Labute approximate surface area is 129 Å². The van der Waals surface area contributed by atoms with Crippen molar-refractivity contribution in [2.24, 2.45) is 5.73 Å². The van der Waals surface area contributed by atoms with Crippen molar-refractivity contribution in [3.8, 4) is 11.5 Å². The molecule has 0 radical (unpaired) electrons. The van der Waals surface area contributed by atoms with E-state index in [1.807, 2.05) is 12.1 Å². The first kappa shape index (κ1) is 17.8. The first-order chi connectivity index (χ1) is 10.2. The van der Waals surface area contributed by atoms with Crippen molar-refractivity contribution in [1.29, 1.82) is 0 Å². The predicted molar refractivity (Wildman–Crippen MR) is 88.1 cm³/mol. The minimum atomic E-state index is 0.159. The minimum Gasteiger partial charge on any atom is -0.493 e. The van der Waals surface area contributed by atoms with E-state index in [2.05, 4.69) is 31.7 Å². The summed E-state index contributed by atoms with van der Waals surface area (Å²) in [6.45, 7) is 9.67. The molecule has 4 nitrogen and oxygen atoms in total. The van der Waals surface area contributed by atoms with E-state index in [9.17, 15) is 0 Å². The Hall–Kier alpha value is -1.26. The number of para-hydroxylation sites is 1. The largest absolute Gasteiger partial charge is 0.493 e. The molecular weight excluding hydrogens is 264 g/mol. The van der Waals surface area contributed by atoms with Crippen LogP contribution in [0.25, 0.3) is 0 Å². The summed E-state index contributed by atoms with van der Waals surface area (Å²) in [5.74, 6) is 1.63. The summed E-state index contributed by atoms with van der Waals surface area (Å²) >= 11 is 0. The molecule has 0 aliphatic carbocycles. The molecular formula is C17H30N2O2. The molecule has 0 aliphatic heterocycles. The number of benzene rings is 1. The number of hydrogen-bond donors (Lipinski definition) is 1. The third kappa shape index (κ3) is 4.61. The van der Waals surface area contributed by atoms with Gasteiger partial charge in [-0.1, -0.05) is 39.3 Å². The van der Waals surface area contributed by atoms with Crippen molar-refractivity contribution in [2.45, 2.75) is 39.7 Å². The molecule has 1 atom stereocenters. The topological polar surface area (TPSA) is 47.7 Å². The van der Waals surface area contributed by atoms with Crippen molar-refractivity contribution < 1.29 is 9.47 Å². The van der Waals surface area contributed by atoms with Crippen LogP contribution in [0.3, 0.4) is 0 Å². The summed E-state index contributed by atoms with van der Waals surface area (Å²) in [7, 11) is 1.68. The molecule has 0 spiro atoms. The average molecular weight is 294 g/mol. The molecule has 1 rings (SSSR count). The molecule has 0 saturated carbocycles. The van der Waals surface area contributed by atoms with E-state index in [0.717, 1.165) is 43.0 Å². The lowest BCUT2D eigenvalue weighted by atomic mass is 10.0. The standard InChI is InChI=1S/C17H30N2O2/c1-5-8-12-21-17-14(10-9-11-16(17)20-4)15(13-18)19(6-2)7-3/h9-11,15H,5-8,12-13,18H2,1-4H3. The predicted octanol–water partition coefficient (Wildman–Crippen LogP) is 3.22. The molecule has 1 unspecified atom stereocenters. The highest BCUT2D eigenvalue weighted by atomic mass is 16.5. The summed E-state index contributed by atoms with van der Waals surface area (Å²) in [6.07, 6.45) is 2.15. The zero-order valence-electron chi connectivity index (χ0n) is 13.9. The quantitative estimate of drug-likeness (QED) is 0.673. The Morgan fingerprint density at radius 3 is 2.43 bits per heavy atom. The Balaban J connectivity index is 3.12. The van der Waals surface area contributed by atoms with Crippen LogP contribution in [0.15, 0.2) is 18.2 Å². The van der Waals surface area contributed by atoms with E-state index in [-0.39, 0.29) is 6.04 Å². The summed E-state index contributed by atoms with van der Waals surface area (Å²) < 4.78 is 11.5. The van der Waals surface area contributed by atoms with E-state index in [1.54, 1.807) is 7.11 Å². The molecule has 0 heterocycles. The highest BCUT2D eigenvalue weighted by Crippen LogP contribution is 2.36. The van der Waals surface area contributed by atoms with Gasteiger partial charge in [0.1, 0.15) is 0 Å². The van der Waals surface area contributed by atoms with Gasteiger partial charge in [-0.3, -0.25) is 4.90 Å². The van der Waals surface area contributed by atoms with Crippen LogP contribution in [0.2, 0.25) is 0 Å². The molecule has 2 N–H and O–H groups in total. The number of ether oxygens (including phenoxy) is 2. The van der Waals surface area contributed by atoms with Gasteiger partial charge in [-0.2, -0.15) is 0 Å². The van der Waals surface area contributed by atoms with Crippen molar-refractivity contribution in [3.05, 3.63) is 23.8 Å². The SMILES string of the molecule is CCCCOc1c(OC)cccc1C(CN)N(CC)CC. The first-order valence-corrected chi connectivity index (χ1v) is 7.97. The van der Waals surface area contributed by atoms with Crippen LogP contribution in [-0.4, -0.2) is 38.3 Å². The van der Waals surface area contributed by atoms with Gasteiger partial charge in [0.25, 0.3) is 0 Å². The lowest BCUT2D eigenvalue weighted by molar-refractivity contribution is 0.212. The summed E-state index contributed by atoms with van der Waals surface area (Å²) in [5, 5.41) is 0. The molecule has 0 aliphatic rings. The number of rotatable bonds is 10. The Morgan fingerprint density at radius 2 is 1.90 bits per heavy atom. The van der Waals surface area contributed by atoms with Crippen molar-refractivity contribution in [3.63, 3.8) is 0 Å². The molecule has 120 valence electrons. The van der Waals surface area contributed by atoms with Crippen LogP contribution in [0.5, 0.6) is 11.5 Å². The highest BCUT2D eigenvalue weighted by molar-refractivity contribution is 5.48. The number of nitrogens with zero attached hydrogens (tertiary/aromatic N) is 1. The van der Waals surface area contributed by atoms with Crippen molar-refractivity contribution in [2.75, 3.05) is 33.4 Å². The number of hydrogen-bond acceptors (Lipinski definition) is 4. The number of methoxy groups -OCH3 is 1. The van der Waals surface area contributed by atoms with Crippen molar-refractivity contribution >= 4 is 0 Å². The summed E-state index contributed by atoms with van der Waals surface area (Å²) in [5.41, 5.74) is 7.16. The molecule has 0 saturated heterocycles. The van der Waals surface area contributed by atoms with Gasteiger partial charge in [0.05, 0.1) is 19.8 Å². The Morgan fingerprint density at radius 1 is 1.19 bits per heavy atom. The Bertz CT molecular complexity index is 406. The van der Waals surface area contributed by atoms with Gasteiger partial charge in [0.15, 0.2) is 11.5 Å². The van der Waals surface area contributed by atoms with E-state index < -0.39 is 0 Å². The molecule has 21 heavy (non-hydrogen) atoms. The second-order valence-electron chi connectivity index (χ2n) is 5.05. The van der Waals surface area contributed by atoms with Gasteiger partial charge < -0.3 is 15.2 Å². The molecule has 0 amide bonds. The van der Waals surface area contributed by atoms with Crippen LogP contribution in [0.1, 0.15) is 45.2 Å². The summed E-state index contributed by atoms with van der Waals surface area (Å²) in [6, 6.07) is 6.21. The number of unbranched alkanes of at least 4 members (excludes halogenated alkanes) is 1. The van der Waals surface area contributed by atoms with Gasteiger partial charge in [-0.15, -0.1) is 0 Å². The van der Waals surface area contributed by atoms with Crippen LogP contribution in [0.4, 0.5) is 0 Å². The molecule has 1 aromatic carbocycles. The van der Waals surface area contributed by atoms with Crippen molar-refractivity contribution in [1.82, 2.24) is 4.90 Å². The zero-order valence-corrected chi connectivity index (χ0v) is 13.9. The smallest absolute Gasteiger partial charge is 0.165 e. The van der Waals surface area contributed by atoms with Gasteiger partial charge in [0.2, 0.25) is 0 Å². The highest BCUT2D eigenvalue weighted by Gasteiger charge is 2.22. The molecule has 0 bridgehead atoms. The fourth-order valence-corrected chi connectivity index (χ4v) is 2.57. The van der Waals surface area contributed by atoms with Gasteiger partial charge >= 0.3 is 0 Å². The lowest BCUT2D eigenvalue weighted by Gasteiger charge is -2.30. The maximum absolute atomic E-state index is 6.03. The first-order valence-electron chi connectivity index (χ1n) is 7.97. The van der Waals surface area contributed by atoms with Crippen LogP contribution in [-0.2, 0) is 0 Å². The maximum atomic E-state index is 6.03. The van der Waals surface area contributed by atoms with E-state index >= 15 is 0 Å². The minimum absolute atomic E-state index is 0.159. The molecule has 0 aromatic heterocycles. The van der Waals surface area contributed by atoms with E-state index in [4.69, 9.17) is 15.2 Å². The Kier molecular flexibility index (Phi) is 8.16. The molecule has 4 heteroatoms. The summed E-state index contributed by atoms with van der Waals surface area (Å²) in [4.78, 5) is 2.35. The third-order valence-corrected chi connectivity index (χ3v) is 3.81. The monoisotopic (exact) mass is 294 g/mol. The van der Waals surface area contributed by atoms with E-state index in [1.165, 1.54) is 0 Å². The molecule has 0 fully saturated rings. The van der Waals surface area contributed by atoms with Crippen LogP contribution < -0.4 is 15.2 Å². The third-order valence-electron chi connectivity index (χ3n) is 3.81. The van der Waals surface area contributed by atoms with Gasteiger partial charge in [-0.25, -0.2) is 0 Å². The second kappa shape index (κ2) is 9.64. The van der Waals surface area contributed by atoms with E-state index in [0.29, 0.717) is 13.2 Å².